The van der Waals surface area contributed by atoms with Crippen molar-refractivity contribution in [1.29, 1.82) is 0 Å². The molecule has 0 aliphatic rings. The average Bonchev–Trinajstić information content (AvgIpc) is 3.05. The molecule has 0 spiro atoms. The van der Waals surface area contributed by atoms with Gasteiger partial charge in [0.15, 0.2) is 11.6 Å². The molecule has 21 heteroatoms. The van der Waals surface area contributed by atoms with Crippen LogP contribution in [0.1, 0.15) is 55.4 Å². The molecule has 0 amide bonds. The van der Waals surface area contributed by atoms with Gasteiger partial charge in [0.25, 0.3) is 0 Å². The van der Waals surface area contributed by atoms with Crippen LogP contribution >= 0.6 is 30.4 Å². The van der Waals surface area contributed by atoms with Crippen LogP contribution in [0.2, 0.25) is 0 Å². The maximum atomic E-state index is 13.3. The Morgan fingerprint density at radius 3 is 1.18 bits per heavy atom. The van der Waals surface area contributed by atoms with Gasteiger partial charge in [-0.25, -0.2) is 9.97 Å². The number of nitrogens with one attached hydrogen (secondary N) is 2. The molecular weight excluding hydrogens is 724 g/mol. The molecule has 2 aromatic heterocycles. The number of aromatic hydroxyl groups is 1. The van der Waals surface area contributed by atoms with Gasteiger partial charge < -0.3 is 51.9 Å². The molecule has 0 saturated heterocycles. The zero-order valence-corrected chi connectivity index (χ0v) is 33.0. The van der Waals surface area contributed by atoms with Crippen LogP contribution in [0.4, 0.5) is 11.6 Å². The SMILES string of the molecule is CCOP(=O)(OCC)C(Nc1ccccn1)P(=O)(OCC)OCC.CCOP(=O)(OCC)C(Nc1ncccc1O)P(=O)(OCC)OCC. The van der Waals surface area contributed by atoms with Gasteiger partial charge in [0, 0.05) is 12.4 Å². The molecule has 0 saturated carbocycles. The van der Waals surface area contributed by atoms with Gasteiger partial charge in [0.1, 0.15) is 5.82 Å². The van der Waals surface area contributed by atoms with E-state index < -0.39 is 41.4 Å². The van der Waals surface area contributed by atoms with Crippen molar-refractivity contribution in [2.24, 2.45) is 0 Å². The molecule has 2 rings (SSSR count). The molecule has 2 heterocycles. The summed E-state index contributed by atoms with van der Waals surface area (Å²) in [6, 6.07) is 8.02. The van der Waals surface area contributed by atoms with Crippen molar-refractivity contribution in [2.75, 3.05) is 63.5 Å². The first-order valence-electron chi connectivity index (χ1n) is 15.9. The second-order valence-electron chi connectivity index (χ2n) is 9.12. The number of aromatic nitrogens is 2. The summed E-state index contributed by atoms with van der Waals surface area (Å²) in [6.45, 7) is 13.9. The van der Waals surface area contributed by atoms with Crippen molar-refractivity contribution >= 4 is 42.0 Å². The Balaban J connectivity index is 0.000000490. The Kier molecular flexibility index (Phi) is 21.3. The second-order valence-corrected chi connectivity index (χ2v) is 18.4. The van der Waals surface area contributed by atoms with Crippen LogP contribution in [0, 0.1) is 0 Å². The first-order chi connectivity index (χ1) is 23.3. The fourth-order valence-electron chi connectivity index (χ4n) is 4.03. The van der Waals surface area contributed by atoms with Crippen molar-refractivity contribution in [3.63, 3.8) is 0 Å². The van der Waals surface area contributed by atoms with Crippen molar-refractivity contribution in [3.05, 3.63) is 42.7 Å². The van der Waals surface area contributed by atoms with E-state index in [9.17, 15) is 23.4 Å². The van der Waals surface area contributed by atoms with E-state index in [1.807, 2.05) is 0 Å². The van der Waals surface area contributed by atoms with Gasteiger partial charge in [-0.3, -0.25) is 18.3 Å². The zero-order chi connectivity index (χ0) is 37.0. The molecule has 0 aromatic carbocycles. The Hall–Kier alpha value is -1.70. The summed E-state index contributed by atoms with van der Waals surface area (Å²) in [5, 5.41) is 15.5. The molecule has 0 unspecified atom stereocenters. The molecule has 17 nitrogen and oxygen atoms in total. The Morgan fingerprint density at radius 2 is 0.878 bits per heavy atom. The lowest BCUT2D eigenvalue weighted by Gasteiger charge is -2.32. The second kappa shape index (κ2) is 23.0. The number of rotatable bonds is 24. The summed E-state index contributed by atoms with van der Waals surface area (Å²) in [7, 11) is -15.6. The Morgan fingerprint density at radius 1 is 0.531 bits per heavy atom. The minimum Gasteiger partial charge on any atom is -0.504 e. The monoisotopic (exact) mass is 776 g/mol. The minimum atomic E-state index is -3.97. The van der Waals surface area contributed by atoms with Crippen molar-refractivity contribution in [1.82, 2.24) is 9.97 Å². The zero-order valence-electron chi connectivity index (χ0n) is 29.4. The van der Waals surface area contributed by atoms with Crippen LogP contribution in [0.5, 0.6) is 5.75 Å². The fraction of sp³-hybridized carbons (Fsp3) is 0.643. The lowest BCUT2D eigenvalue weighted by molar-refractivity contribution is 0.196. The fourth-order valence-corrected chi connectivity index (χ4v) is 13.8. The molecular formula is C28H52N4O13P4. The Bertz CT molecular complexity index is 1310. The van der Waals surface area contributed by atoms with Crippen LogP contribution in [-0.4, -0.2) is 79.0 Å². The van der Waals surface area contributed by atoms with E-state index in [2.05, 4.69) is 20.6 Å². The topological polar surface area (TPSA) is 212 Å². The average molecular weight is 777 g/mol. The third-order valence-electron chi connectivity index (χ3n) is 5.66. The number of nitrogens with zero attached hydrogens (tertiary/aromatic N) is 2. The third-order valence-corrected chi connectivity index (χ3v) is 16.9. The highest BCUT2D eigenvalue weighted by molar-refractivity contribution is 7.73. The van der Waals surface area contributed by atoms with Gasteiger partial charge in [-0.1, -0.05) is 6.07 Å². The summed E-state index contributed by atoms with van der Waals surface area (Å²) in [4.78, 5) is 8.07. The molecule has 0 radical (unpaired) electrons. The summed E-state index contributed by atoms with van der Waals surface area (Å²) in [5.74, 6) is 0.111. The third kappa shape index (κ3) is 13.7. The lowest BCUT2D eigenvalue weighted by Crippen LogP contribution is -2.26. The maximum absolute atomic E-state index is 13.3. The molecule has 0 bridgehead atoms. The highest BCUT2D eigenvalue weighted by Gasteiger charge is 2.52. The predicted octanol–water partition coefficient (Wildman–Crippen LogP) is 8.32. The Labute approximate surface area is 289 Å². The highest BCUT2D eigenvalue weighted by Crippen LogP contribution is 2.71. The van der Waals surface area contributed by atoms with Gasteiger partial charge >= 0.3 is 30.4 Å². The molecule has 0 aliphatic carbocycles. The number of hydrogen-bond acceptors (Lipinski definition) is 17. The number of anilines is 2. The first kappa shape index (κ1) is 45.3. The maximum Gasteiger partial charge on any atom is 0.365 e. The lowest BCUT2D eigenvalue weighted by atomic mass is 10.4. The number of pyridine rings is 2. The normalized spacial score (nSPS) is 12.5. The molecule has 282 valence electrons. The van der Waals surface area contributed by atoms with E-state index in [1.165, 1.54) is 18.3 Å². The molecule has 0 fully saturated rings. The summed E-state index contributed by atoms with van der Waals surface area (Å²) in [6.07, 6.45) is 2.97. The summed E-state index contributed by atoms with van der Waals surface area (Å²) >= 11 is 0. The summed E-state index contributed by atoms with van der Waals surface area (Å²) in [5.41, 5.74) is -2.81. The van der Waals surface area contributed by atoms with E-state index in [0.29, 0.717) is 5.82 Å². The van der Waals surface area contributed by atoms with Crippen LogP contribution in [-0.2, 0) is 54.5 Å². The number of hydrogen-bond donors (Lipinski definition) is 3. The molecule has 0 atom stereocenters. The van der Waals surface area contributed by atoms with E-state index in [4.69, 9.17) is 36.2 Å². The predicted molar refractivity (Wildman–Crippen MR) is 188 cm³/mol. The molecule has 2 aromatic rings. The summed E-state index contributed by atoms with van der Waals surface area (Å²) < 4.78 is 95.7. The van der Waals surface area contributed by atoms with Crippen molar-refractivity contribution < 1.29 is 59.6 Å². The van der Waals surface area contributed by atoms with Crippen LogP contribution in [0.3, 0.4) is 0 Å². The largest absolute Gasteiger partial charge is 0.504 e. The standard InChI is InChI=1S/C14H26N2O7P2.C14H26N2O6P2/c1-5-20-24(18,21-6-2)14(25(19,22-7-3)23-8-4)16-13-12(17)10-9-11-15-13;1-5-19-23(17,20-6-2)14(16-13-11-9-10-12-15-13)24(18,21-7-3)22-8-4/h9-11,14,17H,5-8H2,1-4H3,(H,15,16);9-12,14H,5-8H2,1-4H3,(H,15,16). The van der Waals surface area contributed by atoms with E-state index in [1.54, 1.807) is 79.8 Å². The smallest absolute Gasteiger partial charge is 0.365 e. The van der Waals surface area contributed by atoms with Crippen LogP contribution in [0.15, 0.2) is 42.7 Å². The van der Waals surface area contributed by atoms with E-state index >= 15 is 0 Å². The van der Waals surface area contributed by atoms with E-state index in [0.717, 1.165) is 0 Å². The van der Waals surface area contributed by atoms with Gasteiger partial charge in [-0.15, -0.1) is 0 Å². The van der Waals surface area contributed by atoms with Crippen molar-refractivity contribution in [3.8, 4) is 5.75 Å². The van der Waals surface area contributed by atoms with Crippen LogP contribution < -0.4 is 10.6 Å². The van der Waals surface area contributed by atoms with E-state index in [-0.39, 0.29) is 64.4 Å². The van der Waals surface area contributed by atoms with Gasteiger partial charge in [0.2, 0.25) is 11.0 Å². The minimum absolute atomic E-state index is 0.0354. The quantitative estimate of drug-likeness (QED) is 0.0855. The first-order valence-corrected chi connectivity index (χ1v) is 22.4. The molecule has 49 heavy (non-hydrogen) atoms. The molecule has 0 aliphatic heterocycles. The van der Waals surface area contributed by atoms with Gasteiger partial charge in [-0.05, 0) is 79.7 Å². The van der Waals surface area contributed by atoms with Gasteiger partial charge in [-0.2, -0.15) is 0 Å². The van der Waals surface area contributed by atoms with Gasteiger partial charge in [0.05, 0.1) is 52.9 Å². The van der Waals surface area contributed by atoms with Crippen molar-refractivity contribution in [2.45, 2.75) is 66.4 Å². The highest BCUT2D eigenvalue weighted by atomic mass is 31.2. The van der Waals surface area contributed by atoms with Crippen LogP contribution in [0.25, 0.3) is 0 Å². The molecule has 3 N–H and O–H groups in total.